The number of halogens is 1. The van der Waals surface area contributed by atoms with Gasteiger partial charge in [-0.05, 0) is 24.7 Å². The van der Waals surface area contributed by atoms with Crippen LogP contribution in [-0.4, -0.2) is 43.3 Å². The lowest BCUT2D eigenvalue weighted by molar-refractivity contribution is 0.0998. The first-order valence-electron chi connectivity index (χ1n) is 7.06. The molecule has 0 aromatic rings. The van der Waals surface area contributed by atoms with Gasteiger partial charge in [-0.25, -0.2) is 4.39 Å². The summed E-state index contributed by atoms with van der Waals surface area (Å²) in [6.07, 6.45) is 2.36. The standard InChI is InChI=1S/C14H29FN2/c1-11(2)7-13-10-17(6-5-15)14(9-16-13)8-12(3)4/h11-14,16H,5-10H2,1-4H3. The maximum Gasteiger partial charge on any atom is 0.102 e. The quantitative estimate of drug-likeness (QED) is 0.773. The Morgan fingerprint density at radius 1 is 1.18 bits per heavy atom. The van der Waals surface area contributed by atoms with E-state index >= 15 is 0 Å². The minimum atomic E-state index is -0.219. The van der Waals surface area contributed by atoms with Crippen molar-refractivity contribution in [2.75, 3.05) is 26.3 Å². The highest BCUT2D eigenvalue weighted by atomic mass is 19.1. The van der Waals surface area contributed by atoms with Crippen LogP contribution in [0.4, 0.5) is 4.39 Å². The van der Waals surface area contributed by atoms with E-state index in [2.05, 4.69) is 37.9 Å². The van der Waals surface area contributed by atoms with Crippen molar-refractivity contribution in [1.29, 1.82) is 0 Å². The third kappa shape index (κ3) is 5.35. The van der Waals surface area contributed by atoms with Crippen LogP contribution in [0.2, 0.25) is 0 Å². The molecular weight excluding hydrogens is 215 g/mol. The van der Waals surface area contributed by atoms with Crippen LogP contribution in [0.1, 0.15) is 40.5 Å². The lowest BCUT2D eigenvalue weighted by Crippen LogP contribution is -2.57. The number of nitrogens with one attached hydrogen (secondary N) is 1. The number of hydrogen-bond acceptors (Lipinski definition) is 2. The Kier molecular flexibility index (Phi) is 6.42. The topological polar surface area (TPSA) is 15.3 Å². The zero-order chi connectivity index (χ0) is 12.8. The summed E-state index contributed by atoms with van der Waals surface area (Å²) in [4.78, 5) is 2.35. The van der Waals surface area contributed by atoms with E-state index in [9.17, 15) is 4.39 Å². The van der Waals surface area contributed by atoms with Crippen LogP contribution in [0.3, 0.4) is 0 Å². The van der Waals surface area contributed by atoms with Crippen molar-refractivity contribution >= 4 is 0 Å². The Balaban J connectivity index is 2.48. The maximum atomic E-state index is 12.6. The average molecular weight is 244 g/mol. The number of nitrogens with zero attached hydrogens (tertiary/aromatic N) is 1. The predicted octanol–water partition coefficient (Wildman–Crippen LogP) is 2.69. The van der Waals surface area contributed by atoms with Gasteiger partial charge in [-0.1, -0.05) is 27.7 Å². The first-order chi connectivity index (χ1) is 8.02. The molecule has 1 saturated heterocycles. The molecule has 2 atom stereocenters. The van der Waals surface area contributed by atoms with Gasteiger partial charge in [-0.3, -0.25) is 4.90 Å². The molecule has 0 saturated carbocycles. The summed E-state index contributed by atoms with van der Waals surface area (Å²) < 4.78 is 12.6. The second-order valence-electron chi connectivity index (χ2n) is 6.20. The molecular formula is C14H29FN2. The summed E-state index contributed by atoms with van der Waals surface area (Å²) in [6.45, 7) is 11.4. The van der Waals surface area contributed by atoms with Gasteiger partial charge in [0.2, 0.25) is 0 Å². The molecule has 2 nitrogen and oxygen atoms in total. The molecule has 1 N–H and O–H groups in total. The van der Waals surface area contributed by atoms with Gasteiger partial charge < -0.3 is 5.32 Å². The van der Waals surface area contributed by atoms with Crippen molar-refractivity contribution in [2.45, 2.75) is 52.6 Å². The van der Waals surface area contributed by atoms with E-state index in [1.54, 1.807) is 0 Å². The normalized spacial score (nSPS) is 27.0. The molecule has 17 heavy (non-hydrogen) atoms. The molecule has 0 bridgehead atoms. The second kappa shape index (κ2) is 7.32. The first-order valence-corrected chi connectivity index (χ1v) is 7.06. The first kappa shape index (κ1) is 14.9. The Morgan fingerprint density at radius 3 is 2.35 bits per heavy atom. The molecule has 0 aromatic carbocycles. The Hall–Kier alpha value is -0.150. The molecule has 2 unspecified atom stereocenters. The van der Waals surface area contributed by atoms with Crippen molar-refractivity contribution in [3.63, 3.8) is 0 Å². The molecule has 0 amide bonds. The molecule has 3 heteroatoms. The Morgan fingerprint density at radius 2 is 1.82 bits per heavy atom. The van der Waals surface area contributed by atoms with Gasteiger partial charge in [0.05, 0.1) is 0 Å². The van der Waals surface area contributed by atoms with E-state index in [1.165, 1.54) is 12.8 Å². The number of piperazine rings is 1. The summed E-state index contributed by atoms with van der Waals surface area (Å²) in [5.74, 6) is 1.40. The average Bonchev–Trinajstić information content (AvgIpc) is 2.21. The van der Waals surface area contributed by atoms with Crippen LogP contribution in [0, 0.1) is 11.8 Å². The predicted molar refractivity (Wildman–Crippen MR) is 72.0 cm³/mol. The molecule has 1 fully saturated rings. The molecule has 0 radical (unpaired) electrons. The van der Waals surface area contributed by atoms with E-state index in [0.29, 0.717) is 30.5 Å². The lowest BCUT2D eigenvalue weighted by Gasteiger charge is -2.41. The van der Waals surface area contributed by atoms with Crippen molar-refractivity contribution in [3.8, 4) is 0 Å². The molecule has 0 aliphatic carbocycles. The zero-order valence-electron chi connectivity index (χ0n) is 11.9. The van der Waals surface area contributed by atoms with E-state index in [1.807, 2.05) is 0 Å². The monoisotopic (exact) mass is 244 g/mol. The lowest BCUT2D eigenvalue weighted by atomic mass is 9.96. The van der Waals surface area contributed by atoms with Gasteiger partial charge in [0, 0.05) is 31.7 Å². The van der Waals surface area contributed by atoms with Gasteiger partial charge in [0.25, 0.3) is 0 Å². The molecule has 0 spiro atoms. The van der Waals surface area contributed by atoms with Gasteiger partial charge in [-0.2, -0.15) is 0 Å². The SMILES string of the molecule is CC(C)CC1CN(CCF)C(CC(C)C)CN1. The van der Waals surface area contributed by atoms with E-state index < -0.39 is 0 Å². The van der Waals surface area contributed by atoms with Gasteiger partial charge in [-0.15, -0.1) is 0 Å². The summed E-state index contributed by atoms with van der Waals surface area (Å²) in [7, 11) is 0. The van der Waals surface area contributed by atoms with Gasteiger partial charge >= 0.3 is 0 Å². The second-order valence-corrected chi connectivity index (χ2v) is 6.20. The minimum absolute atomic E-state index is 0.219. The van der Waals surface area contributed by atoms with E-state index in [4.69, 9.17) is 0 Å². The summed E-state index contributed by atoms with van der Waals surface area (Å²) >= 11 is 0. The number of alkyl halides is 1. The molecule has 102 valence electrons. The fourth-order valence-corrected chi connectivity index (χ4v) is 2.81. The molecule has 1 heterocycles. The summed E-state index contributed by atoms with van der Waals surface area (Å²) in [5, 5.41) is 3.63. The highest BCUT2D eigenvalue weighted by molar-refractivity contribution is 4.87. The van der Waals surface area contributed by atoms with Crippen molar-refractivity contribution in [3.05, 3.63) is 0 Å². The molecule has 0 aromatic heterocycles. The molecule has 1 aliphatic rings. The van der Waals surface area contributed by atoms with E-state index in [0.717, 1.165) is 13.1 Å². The van der Waals surface area contributed by atoms with E-state index in [-0.39, 0.29) is 6.67 Å². The fraction of sp³-hybridized carbons (Fsp3) is 1.00. The molecule has 1 rings (SSSR count). The highest BCUT2D eigenvalue weighted by Crippen LogP contribution is 2.18. The van der Waals surface area contributed by atoms with Crippen LogP contribution < -0.4 is 5.32 Å². The Bertz CT molecular complexity index is 206. The summed E-state index contributed by atoms with van der Waals surface area (Å²) in [5.41, 5.74) is 0. The minimum Gasteiger partial charge on any atom is -0.311 e. The van der Waals surface area contributed by atoms with Crippen molar-refractivity contribution < 1.29 is 4.39 Å². The largest absolute Gasteiger partial charge is 0.311 e. The third-order valence-electron chi connectivity index (χ3n) is 3.48. The van der Waals surface area contributed by atoms with Crippen LogP contribution >= 0.6 is 0 Å². The van der Waals surface area contributed by atoms with Crippen LogP contribution in [-0.2, 0) is 0 Å². The number of hydrogen-bond donors (Lipinski definition) is 1. The van der Waals surface area contributed by atoms with Crippen LogP contribution in [0.5, 0.6) is 0 Å². The van der Waals surface area contributed by atoms with Gasteiger partial charge in [0.1, 0.15) is 6.67 Å². The summed E-state index contributed by atoms with van der Waals surface area (Å²) in [6, 6.07) is 1.07. The zero-order valence-corrected chi connectivity index (χ0v) is 11.9. The maximum absolute atomic E-state index is 12.6. The molecule has 1 aliphatic heterocycles. The highest BCUT2D eigenvalue weighted by Gasteiger charge is 2.28. The van der Waals surface area contributed by atoms with Crippen LogP contribution in [0.25, 0.3) is 0 Å². The number of rotatable bonds is 6. The van der Waals surface area contributed by atoms with Gasteiger partial charge in [0.15, 0.2) is 0 Å². The Labute approximate surface area is 106 Å². The van der Waals surface area contributed by atoms with Crippen molar-refractivity contribution in [2.24, 2.45) is 11.8 Å². The van der Waals surface area contributed by atoms with Crippen molar-refractivity contribution in [1.82, 2.24) is 10.2 Å². The third-order valence-corrected chi connectivity index (χ3v) is 3.48. The fourth-order valence-electron chi connectivity index (χ4n) is 2.81. The smallest absolute Gasteiger partial charge is 0.102 e. The van der Waals surface area contributed by atoms with Crippen LogP contribution in [0.15, 0.2) is 0 Å².